The Kier molecular flexibility index (Phi) is 4.20. The molecule has 1 fully saturated rings. The van der Waals surface area contributed by atoms with Crippen LogP contribution in [0.4, 0.5) is 0 Å². The van der Waals surface area contributed by atoms with Crippen LogP contribution in [-0.4, -0.2) is 30.5 Å². The Morgan fingerprint density at radius 2 is 2.26 bits per heavy atom. The Bertz CT molecular complexity index is 472. The first-order valence-electron chi connectivity index (χ1n) is 6.31. The van der Waals surface area contributed by atoms with Gasteiger partial charge in [0.2, 0.25) is 0 Å². The van der Waals surface area contributed by atoms with E-state index in [0.29, 0.717) is 23.7 Å². The van der Waals surface area contributed by atoms with E-state index in [2.05, 4.69) is 5.32 Å². The van der Waals surface area contributed by atoms with Gasteiger partial charge in [-0.1, -0.05) is 0 Å². The lowest BCUT2D eigenvalue weighted by Crippen LogP contribution is -2.30. The highest BCUT2D eigenvalue weighted by Crippen LogP contribution is 2.48. The number of carbonyl (C=O) groups excluding carboxylic acids is 1. The molecule has 0 bridgehead atoms. The quantitative estimate of drug-likeness (QED) is 0.789. The summed E-state index contributed by atoms with van der Waals surface area (Å²) in [4.78, 5) is 12.0. The molecule has 2 N–H and O–H groups in total. The first-order valence-corrected chi connectivity index (χ1v) is 6.85. The summed E-state index contributed by atoms with van der Waals surface area (Å²) in [7, 11) is 1.47. The van der Waals surface area contributed by atoms with Crippen LogP contribution in [-0.2, 0) is 0 Å². The predicted molar refractivity (Wildman–Crippen MR) is 74.0 cm³/mol. The second-order valence-electron chi connectivity index (χ2n) is 5.01. The van der Waals surface area contributed by atoms with Gasteiger partial charge in [-0.25, -0.2) is 0 Å². The van der Waals surface area contributed by atoms with Gasteiger partial charge in [0.05, 0.1) is 7.11 Å². The minimum absolute atomic E-state index is 0.0305. The molecule has 1 aliphatic rings. The monoisotopic (exact) mass is 283 g/mol. The zero-order valence-electron chi connectivity index (χ0n) is 10.9. The van der Waals surface area contributed by atoms with E-state index in [1.807, 2.05) is 0 Å². The minimum Gasteiger partial charge on any atom is -0.504 e. The van der Waals surface area contributed by atoms with E-state index >= 15 is 0 Å². The molecule has 0 atom stereocenters. The number of carbonyl (C=O) groups is 1. The van der Waals surface area contributed by atoms with Crippen molar-refractivity contribution in [3.8, 4) is 11.5 Å². The van der Waals surface area contributed by atoms with Gasteiger partial charge >= 0.3 is 0 Å². The van der Waals surface area contributed by atoms with Gasteiger partial charge in [0, 0.05) is 18.0 Å². The molecule has 0 aromatic heterocycles. The van der Waals surface area contributed by atoms with Crippen molar-refractivity contribution in [2.45, 2.75) is 19.3 Å². The van der Waals surface area contributed by atoms with Crippen LogP contribution in [0.3, 0.4) is 0 Å². The molecule has 1 aliphatic carbocycles. The molecule has 0 saturated heterocycles. The summed E-state index contributed by atoms with van der Waals surface area (Å²) in [5, 5.41) is 12.5. The number of ether oxygens (including phenoxy) is 1. The maximum absolute atomic E-state index is 12.0. The normalized spacial score (nSPS) is 15.9. The molecule has 5 heteroatoms. The zero-order chi connectivity index (χ0) is 13.9. The first kappa shape index (κ1) is 14.0. The van der Waals surface area contributed by atoms with E-state index in [4.69, 9.17) is 16.3 Å². The van der Waals surface area contributed by atoms with Crippen LogP contribution >= 0.6 is 11.6 Å². The Balaban J connectivity index is 1.95. The van der Waals surface area contributed by atoms with Crippen molar-refractivity contribution in [2.24, 2.45) is 5.41 Å². The van der Waals surface area contributed by atoms with Gasteiger partial charge in [-0.05, 0) is 42.9 Å². The smallest absolute Gasteiger partial charge is 0.251 e. The van der Waals surface area contributed by atoms with E-state index in [9.17, 15) is 9.90 Å². The topological polar surface area (TPSA) is 58.6 Å². The number of phenols is 1. The predicted octanol–water partition coefficient (Wildman–Crippen LogP) is 2.54. The van der Waals surface area contributed by atoms with Crippen LogP contribution in [0.2, 0.25) is 0 Å². The highest BCUT2D eigenvalue weighted by Gasteiger charge is 2.41. The Morgan fingerprint density at radius 1 is 1.53 bits per heavy atom. The van der Waals surface area contributed by atoms with E-state index < -0.39 is 0 Å². The van der Waals surface area contributed by atoms with Crippen LogP contribution < -0.4 is 10.1 Å². The molecule has 1 aromatic rings. The summed E-state index contributed by atoms with van der Waals surface area (Å²) in [5.41, 5.74) is 0.631. The number of nitrogens with one attached hydrogen (secondary N) is 1. The minimum atomic E-state index is -0.182. The first-order chi connectivity index (χ1) is 9.10. The van der Waals surface area contributed by atoms with Gasteiger partial charge in [-0.2, -0.15) is 0 Å². The maximum Gasteiger partial charge on any atom is 0.251 e. The number of hydrogen-bond acceptors (Lipinski definition) is 3. The maximum atomic E-state index is 12.0. The molecule has 1 saturated carbocycles. The summed E-state index contributed by atoms with van der Waals surface area (Å²) in [6, 6.07) is 4.63. The van der Waals surface area contributed by atoms with E-state index in [-0.39, 0.29) is 17.1 Å². The number of aromatic hydroxyl groups is 1. The molecule has 4 nitrogen and oxygen atoms in total. The van der Waals surface area contributed by atoms with Gasteiger partial charge in [0.15, 0.2) is 11.5 Å². The molecule has 0 radical (unpaired) electrons. The number of alkyl halides is 1. The number of halogens is 1. The van der Waals surface area contributed by atoms with Gasteiger partial charge < -0.3 is 15.2 Å². The molecule has 19 heavy (non-hydrogen) atoms. The van der Waals surface area contributed by atoms with Crippen LogP contribution in [0, 0.1) is 5.41 Å². The van der Waals surface area contributed by atoms with E-state index in [0.717, 1.165) is 19.3 Å². The fraction of sp³-hybridized carbons (Fsp3) is 0.500. The third-order valence-corrected chi connectivity index (χ3v) is 3.84. The number of phenolic OH excluding ortho intramolecular Hbond substituents is 1. The summed E-state index contributed by atoms with van der Waals surface area (Å²) < 4.78 is 4.94. The van der Waals surface area contributed by atoms with Crippen molar-refractivity contribution >= 4 is 17.5 Å². The number of hydrogen-bond donors (Lipinski definition) is 2. The van der Waals surface area contributed by atoms with Crippen molar-refractivity contribution in [1.29, 1.82) is 0 Å². The standard InChI is InChI=1S/C14H18ClNO3/c1-19-12-3-2-10(8-11(12)17)13(18)16-9-14(4-5-14)6-7-15/h2-3,8,17H,4-7,9H2,1H3,(H,16,18). The molecule has 0 aliphatic heterocycles. The Labute approximate surface area is 117 Å². The average molecular weight is 284 g/mol. The summed E-state index contributed by atoms with van der Waals surface area (Å²) in [6.07, 6.45) is 3.17. The van der Waals surface area contributed by atoms with Gasteiger partial charge in [-0.15, -0.1) is 11.6 Å². The summed E-state index contributed by atoms with van der Waals surface area (Å²) >= 11 is 5.75. The van der Waals surface area contributed by atoms with Gasteiger partial charge in [-0.3, -0.25) is 4.79 Å². The van der Waals surface area contributed by atoms with Crippen LogP contribution in [0.5, 0.6) is 11.5 Å². The molecule has 0 spiro atoms. The molecule has 2 rings (SSSR count). The lowest BCUT2D eigenvalue weighted by Gasteiger charge is -2.14. The van der Waals surface area contributed by atoms with E-state index in [1.165, 1.54) is 13.2 Å². The van der Waals surface area contributed by atoms with Gasteiger partial charge in [0.1, 0.15) is 0 Å². The number of rotatable bonds is 6. The molecule has 0 heterocycles. The van der Waals surface area contributed by atoms with Gasteiger partial charge in [0.25, 0.3) is 5.91 Å². The lowest BCUT2D eigenvalue weighted by atomic mass is 10.0. The second kappa shape index (κ2) is 5.70. The molecule has 1 amide bonds. The largest absolute Gasteiger partial charge is 0.504 e. The third-order valence-electron chi connectivity index (χ3n) is 3.65. The van der Waals surface area contributed by atoms with Crippen LogP contribution in [0.1, 0.15) is 29.6 Å². The Hall–Kier alpha value is -1.42. The van der Waals surface area contributed by atoms with E-state index in [1.54, 1.807) is 12.1 Å². The molecule has 1 aromatic carbocycles. The molecular formula is C14H18ClNO3. The summed E-state index contributed by atoms with van der Waals surface area (Å²) in [5.74, 6) is 0.771. The number of methoxy groups -OCH3 is 1. The molecular weight excluding hydrogens is 266 g/mol. The van der Waals surface area contributed by atoms with Crippen molar-refractivity contribution in [3.63, 3.8) is 0 Å². The fourth-order valence-corrected chi connectivity index (χ4v) is 2.49. The van der Waals surface area contributed by atoms with Crippen molar-refractivity contribution < 1.29 is 14.6 Å². The SMILES string of the molecule is COc1ccc(C(=O)NCC2(CCCl)CC2)cc1O. The Morgan fingerprint density at radius 3 is 2.79 bits per heavy atom. The van der Waals surface area contributed by atoms with Crippen LogP contribution in [0.25, 0.3) is 0 Å². The summed E-state index contributed by atoms with van der Waals surface area (Å²) in [6.45, 7) is 0.644. The number of benzene rings is 1. The average Bonchev–Trinajstić information content (AvgIpc) is 3.16. The van der Waals surface area contributed by atoms with Crippen molar-refractivity contribution in [1.82, 2.24) is 5.32 Å². The van der Waals surface area contributed by atoms with Crippen molar-refractivity contribution in [3.05, 3.63) is 23.8 Å². The fourth-order valence-electron chi connectivity index (χ4n) is 2.09. The highest BCUT2D eigenvalue weighted by molar-refractivity contribution is 6.17. The molecule has 0 unspecified atom stereocenters. The van der Waals surface area contributed by atoms with Crippen molar-refractivity contribution in [2.75, 3.05) is 19.5 Å². The third kappa shape index (κ3) is 3.32. The number of amides is 1. The molecule has 104 valence electrons. The zero-order valence-corrected chi connectivity index (χ0v) is 11.7. The lowest BCUT2D eigenvalue weighted by molar-refractivity contribution is 0.0944. The van der Waals surface area contributed by atoms with Crippen LogP contribution in [0.15, 0.2) is 18.2 Å². The second-order valence-corrected chi connectivity index (χ2v) is 5.39. The highest BCUT2D eigenvalue weighted by atomic mass is 35.5.